The third-order valence-electron chi connectivity index (χ3n) is 6.37. The number of imidazole rings is 1. The fourth-order valence-electron chi connectivity index (χ4n) is 4.60. The van der Waals surface area contributed by atoms with E-state index in [9.17, 15) is 13.2 Å². The molecule has 1 aromatic carbocycles. The van der Waals surface area contributed by atoms with Crippen LogP contribution in [-0.4, -0.2) is 36.4 Å². The van der Waals surface area contributed by atoms with E-state index in [-0.39, 0.29) is 11.6 Å². The second kappa shape index (κ2) is 9.25. The van der Waals surface area contributed by atoms with E-state index in [1.807, 2.05) is 36.7 Å². The molecule has 0 N–H and O–H groups in total. The summed E-state index contributed by atoms with van der Waals surface area (Å²) in [6.45, 7) is 3.90. The number of pyridine rings is 1. The molecule has 4 aromatic rings. The Labute approximate surface area is 206 Å². The van der Waals surface area contributed by atoms with Crippen molar-refractivity contribution < 1.29 is 17.9 Å². The number of hydrogen-bond donors (Lipinski definition) is 0. The first-order valence-corrected chi connectivity index (χ1v) is 11.6. The van der Waals surface area contributed by atoms with Crippen LogP contribution < -0.4 is 4.74 Å². The van der Waals surface area contributed by atoms with Gasteiger partial charge in [-0.15, -0.1) is 0 Å². The molecule has 5 rings (SSSR count). The fourth-order valence-corrected chi connectivity index (χ4v) is 4.60. The number of methoxy groups -OCH3 is 1. The summed E-state index contributed by atoms with van der Waals surface area (Å²) < 4.78 is 50.1. The van der Waals surface area contributed by atoms with Crippen LogP contribution in [0.15, 0.2) is 48.9 Å². The highest BCUT2D eigenvalue weighted by atomic mass is 19.4. The molecule has 2 atom stereocenters. The average Bonchev–Trinajstić information content (AvgIpc) is 3.49. The van der Waals surface area contributed by atoms with Gasteiger partial charge in [0.05, 0.1) is 36.4 Å². The van der Waals surface area contributed by atoms with Gasteiger partial charge in [0.15, 0.2) is 5.82 Å². The van der Waals surface area contributed by atoms with Crippen LogP contribution in [0.1, 0.15) is 65.9 Å². The summed E-state index contributed by atoms with van der Waals surface area (Å²) in [6, 6.07) is 9.48. The Morgan fingerprint density at radius 1 is 1.06 bits per heavy atom. The van der Waals surface area contributed by atoms with Gasteiger partial charge in [-0.1, -0.05) is 18.2 Å². The number of halogens is 3. The minimum atomic E-state index is -4.43. The second-order valence-electron chi connectivity index (χ2n) is 8.86. The van der Waals surface area contributed by atoms with Crippen LogP contribution in [0.25, 0.3) is 17.8 Å². The number of benzene rings is 1. The van der Waals surface area contributed by atoms with Gasteiger partial charge >= 0.3 is 6.18 Å². The number of fused-ring (bicyclic) bond motifs is 1. The molecule has 0 aliphatic carbocycles. The molecule has 0 radical (unpaired) electrons. The van der Waals surface area contributed by atoms with Crippen LogP contribution in [0.4, 0.5) is 13.2 Å². The van der Waals surface area contributed by atoms with Crippen molar-refractivity contribution in [2.75, 3.05) is 7.11 Å². The highest BCUT2D eigenvalue weighted by Gasteiger charge is 2.38. The summed E-state index contributed by atoms with van der Waals surface area (Å²) >= 11 is 0. The maximum absolute atomic E-state index is 13.7. The molecule has 36 heavy (non-hydrogen) atoms. The van der Waals surface area contributed by atoms with Gasteiger partial charge < -0.3 is 9.30 Å². The van der Waals surface area contributed by atoms with E-state index >= 15 is 0 Å². The Morgan fingerprint density at radius 3 is 2.58 bits per heavy atom. The van der Waals surface area contributed by atoms with E-state index in [2.05, 4.69) is 20.1 Å². The molecule has 1 aliphatic rings. The molecule has 0 fully saturated rings. The molecule has 0 unspecified atom stereocenters. The lowest BCUT2D eigenvalue weighted by Gasteiger charge is -2.28. The van der Waals surface area contributed by atoms with Crippen molar-refractivity contribution in [1.82, 2.24) is 29.3 Å². The third kappa shape index (κ3) is 4.50. The highest BCUT2D eigenvalue weighted by molar-refractivity contribution is 5.65. The molecular formula is C26H25F3N6O. The molecule has 186 valence electrons. The van der Waals surface area contributed by atoms with Crippen LogP contribution in [0.2, 0.25) is 0 Å². The Hall–Kier alpha value is -3.95. The number of hydrogen-bond acceptors (Lipinski definition) is 5. The lowest BCUT2D eigenvalue weighted by atomic mass is 9.86. The van der Waals surface area contributed by atoms with Crippen LogP contribution >= 0.6 is 0 Å². The third-order valence-corrected chi connectivity index (χ3v) is 6.37. The number of aromatic nitrogens is 6. The summed E-state index contributed by atoms with van der Waals surface area (Å²) in [5, 5.41) is 4.59. The quantitative estimate of drug-likeness (QED) is 0.348. The normalized spacial score (nSPS) is 17.9. The fraction of sp³-hybridized carbons (Fsp3) is 0.308. The molecule has 1 aliphatic heterocycles. The molecule has 0 amide bonds. The summed E-state index contributed by atoms with van der Waals surface area (Å²) in [6.07, 6.45) is 3.90. The molecule has 4 heterocycles. The zero-order valence-corrected chi connectivity index (χ0v) is 20.1. The first-order valence-electron chi connectivity index (χ1n) is 11.6. The Kier molecular flexibility index (Phi) is 6.11. The molecule has 7 nitrogen and oxygen atoms in total. The van der Waals surface area contributed by atoms with E-state index in [4.69, 9.17) is 4.74 Å². The standard InChI is InChI=1S/C26H25F3N6O/c1-16-14-34(15-30-16)22-12-9-18(31-25(22)36-3)10-13-23-32-24-20(11-8-17(2)35(24)33-23)19-6-4-5-7-21(19)26(27,28)29/h4-7,9-10,12-15,17,20H,8,11H2,1-3H3/b13-10+/t17-,20+/m1/s1. The zero-order valence-electron chi connectivity index (χ0n) is 20.1. The van der Waals surface area contributed by atoms with Crippen molar-refractivity contribution in [1.29, 1.82) is 0 Å². The van der Waals surface area contributed by atoms with Gasteiger partial charge in [0.1, 0.15) is 11.5 Å². The van der Waals surface area contributed by atoms with E-state index in [1.165, 1.54) is 12.1 Å². The minimum Gasteiger partial charge on any atom is -0.479 e. The van der Waals surface area contributed by atoms with Gasteiger partial charge in [0.25, 0.3) is 0 Å². The number of ether oxygens (including phenoxy) is 1. The van der Waals surface area contributed by atoms with E-state index < -0.39 is 17.7 Å². The Morgan fingerprint density at radius 2 is 1.86 bits per heavy atom. The van der Waals surface area contributed by atoms with Crippen LogP contribution in [0.5, 0.6) is 5.88 Å². The lowest BCUT2D eigenvalue weighted by molar-refractivity contribution is -0.138. The minimum absolute atomic E-state index is 0.0417. The van der Waals surface area contributed by atoms with Crippen molar-refractivity contribution in [3.05, 3.63) is 83.1 Å². The number of nitrogens with zero attached hydrogens (tertiary/aromatic N) is 6. The van der Waals surface area contributed by atoms with Crippen LogP contribution in [-0.2, 0) is 6.18 Å². The van der Waals surface area contributed by atoms with Crippen molar-refractivity contribution >= 4 is 12.2 Å². The van der Waals surface area contributed by atoms with E-state index in [1.54, 1.807) is 36.3 Å². The summed E-state index contributed by atoms with van der Waals surface area (Å²) in [5.41, 5.74) is 1.87. The summed E-state index contributed by atoms with van der Waals surface area (Å²) in [7, 11) is 1.55. The topological polar surface area (TPSA) is 70.7 Å². The van der Waals surface area contributed by atoms with Gasteiger partial charge in [0.2, 0.25) is 5.88 Å². The number of rotatable bonds is 5. The predicted octanol–water partition coefficient (Wildman–Crippen LogP) is 5.85. The molecule has 0 bridgehead atoms. The molecule has 10 heteroatoms. The summed E-state index contributed by atoms with van der Waals surface area (Å²) in [4.78, 5) is 13.4. The van der Waals surface area contributed by atoms with Gasteiger partial charge in [-0.3, -0.25) is 0 Å². The van der Waals surface area contributed by atoms with Crippen molar-refractivity contribution in [3.8, 4) is 11.6 Å². The lowest BCUT2D eigenvalue weighted by Crippen LogP contribution is -2.23. The Balaban J connectivity index is 1.46. The second-order valence-corrected chi connectivity index (χ2v) is 8.86. The van der Waals surface area contributed by atoms with Crippen molar-refractivity contribution in [2.45, 2.75) is 44.8 Å². The summed E-state index contributed by atoms with van der Waals surface area (Å²) in [5.74, 6) is 0.915. The largest absolute Gasteiger partial charge is 0.479 e. The first-order chi connectivity index (χ1) is 17.2. The zero-order chi connectivity index (χ0) is 25.4. The Bertz CT molecular complexity index is 1420. The molecular weight excluding hydrogens is 469 g/mol. The van der Waals surface area contributed by atoms with Crippen LogP contribution in [0, 0.1) is 6.92 Å². The van der Waals surface area contributed by atoms with Gasteiger partial charge in [-0.25, -0.2) is 19.6 Å². The van der Waals surface area contributed by atoms with Gasteiger partial charge in [-0.05, 0) is 62.6 Å². The molecule has 0 saturated carbocycles. The van der Waals surface area contributed by atoms with Gasteiger partial charge in [0, 0.05) is 12.1 Å². The average molecular weight is 495 g/mol. The monoisotopic (exact) mass is 494 g/mol. The van der Waals surface area contributed by atoms with Gasteiger partial charge in [-0.2, -0.15) is 18.3 Å². The maximum atomic E-state index is 13.7. The van der Waals surface area contributed by atoms with E-state index in [0.29, 0.717) is 36.1 Å². The molecule has 0 spiro atoms. The van der Waals surface area contributed by atoms with E-state index in [0.717, 1.165) is 17.4 Å². The smallest absolute Gasteiger partial charge is 0.416 e. The highest BCUT2D eigenvalue weighted by Crippen LogP contribution is 2.42. The maximum Gasteiger partial charge on any atom is 0.416 e. The molecule has 3 aromatic heterocycles. The SMILES string of the molecule is COc1nc(/C=C/c2nc3n(n2)[C@H](C)CC[C@H]3c2ccccc2C(F)(F)F)ccc1-n1cnc(C)c1. The van der Waals surface area contributed by atoms with Crippen LogP contribution in [0.3, 0.4) is 0 Å². The molecule has 0 saturated heterocycles. The first kappa shape index (κ1) is 23.8. The van der Waals surface area contributed by atoms with Crippen molar-refractivity contribution in [3.63, 3.8) is 0 Å². The number of aryl methyl sites for hydroxylation is 1. The predicted molar refractivity (Wildman–Crippen MR) is 129 cm³/mol. The van der Waals surface area contributed by atoms with Crippen molar-refractivity contribution in [2.24, 2.45) is 0 Å². The number of alkyl halides is 3.